The van der Waals surface area contributed by atoms with E-state index in [2.05, 4.69) is 0 Å². The number of carbonyl (C=O) groups is 3. The highest BCUT2D eigenvalue weighted by Gasteiger charge is 2.48. The normalized spacial score (nSPS) is 19.6. The molecule has 41 heavy (non-hydrogen) atoms. The van der Waals surface area contributed by atoms with Crippen LogP contribution in [0.3, 0.4) is 0 Å². The number of benzene rings is 2. The molecular formula is C28H25F3N4O5S. The van der Waals surface area contributed by atoms with Gasteiger partial charge in [0.15, 0.2) is 15.6 Å². The van der Waals surface area contributed by atoms with E-state index in [1.807, 2.05) is 6.07 Å². The highest BCUT2D eigenvalue weighted by Crippen LogP contribution is 2.47. The third kappa shape index (κ3) is 5.19. The predicted octanol–water partition coefficient (Wildman–Crippen LogP) is 4.20. The standard InChI is InChI=1S/C28H25F3N4O5S/c1-41(39,40)23-13-17(15-32)7-8-20(23)26-25-21(9-10-22(25)36)35(19-6-4-5-18(14-19)28(29,30)31)27(38)34(26)16-24(37)33-11-2-3-12-33/h4-8,13-14,26H,2-3,9-12,16H2,1H3. The molecule has 9 nitrogen and oxygen atoms in total. The lowest BCUT2D eigenvalue weighted by Crippen LogP contribution is -2.53. The largest absolute Gasteiger partial charge is 0.416 e. The molecule has 0 N–H and O–H groups in total. The molecule has 3 amide bonds. The molecule has 2 aliphatic heterocycles. The summed E-state index contributed by atoms with van der Waals surface area (Å²) in [4.78, 5) is 44.2. The molecule has 13 heteroatoms. The van der Waals surface area contributed by atoms with Gasteiger partial charge in [-0.25, -0.2) is 13.2 Å². The fraction of sp³-hybridized carbons (Fsp3) is 0.357. The zero-order valence-corrected chi connectivity index (χ0v) is 22.8. The zero-order valence-electron chi connectivity index (χ0n) is 21.9. The van der Waals surface area contributed by atoms with Crippen molar-refractivity contribution in [1.29, 1.82) is 5.26 Å². The molecule has 3 aliphatic rings. The van der Waals surface area contributed by atoms with Crippen molar-refractivity contribution >= 4 is 33.2 Å². The van der Waals surface area contributed by atoms with Crippen molar-refractivity contribution in [2.24, 2.45) is 0 Å². The quantitative estimate of drug-likeness (QED) is 0.518. The van der Waals surface area contributed by atoms with Gasteiger partial charge in [0.25, 0.3) is 0 Å². The first kappa shape index (κ1) is 28.4. The molecule has 0 aromatic heterocycles. The lowest BCUT2D eigenvalue weighted by atomic mass is 9.92. The van der Waals surface area contributed by atoms with Crippen LogP contribution in [-0.2, 0) is 25.6 Å². The summed E-state index contributed by atoms with van der Waals surface area (Å²) >= 11 is 0. The Kier molecular flexibility index (Phi) is 7.15. The molecule has 0 bridgehead atoms. The van der Waals surface area contributed by atoms with Gasteiger partial charge in [0.1, 0.15) is 6.54 Å². The van der Waals surface area contributed by atoms with Gasteiger partial charge in [0.05, 0.1) is 33.8 Å². The maximum atomic E-state index is 14.2. The molecule has 0 saturated carbocycles. The van der Waals surface area contributed by atoms with E-state index in [0.29, 0.717) is 13.1 Å². The Bertz CT molecular complexity index is 1640. The lowest BCUT2D eigenvalue weighted by molar-refractivity contribution is -0.137. The number of likely N-dealkylation sites (tertiary alicyclic amines) is 1. The second-order valence-corrected chi connectivity index (χ2v) is 12.2. The molecule has 1 saturated heterocycles. The highest BCUT2D eigenvalue weighted by molar-refractivity contribution is 7.90. The smallest absolute Gasteiger partial charge is 0.341 e. The zero-order chi connectivity index (χ0) is 29.7. The van der Waals surface area contributed by atoms with E-state index < -0.39 is 51.9 Å². The Balaban J connectivity index is 1.74. The number of urea groups is 1. The molecule has 5 rings (SSSR count). The van der Waals surface area contributed by atoms with E-state index in [1.165, 1.54) is 18.2 Å². The third-order valence-electron chi connectivity index (χ3n) is 7.52. The van der Waals surface area contributed by atoms with Crippen molar-refractivity contribution < 1.29 is 36.0 Å². The van der Waals surface area contributed by atoms with Gasteiger partial charge in [-0.2, -0.15) is 18.4 Å². The Morgan fingerprint density at radius 3 is 2.41 bits per heavy atom. The summed E-state index contributed by atoms with van der Waals surface area (Å²) in [6, 6.07) is 7.67. The van der Waals surface area contributed by atoms with E-state index in [0.717, 1.165) is 53.2 Å². The molecule has 0 spiro atoms. The van der Waals surface area contributed by atoms with Crippen molar-refractivity contribution in [3.05, 3.63) is 70.4 Å². The van der Waals surface area contributed by atoms with Crippen LogP contribution in [0.25, 0.3) is 0 Å². The summed E-state index contributed by atoms with van der Waals surface area (Å²) in [5.41, 5.74) is -0.882. The van der Waals surface area contributed by atoms with Crippen molar-refractivity contribution in [3.63, 3.8) is 0 Å². The van der Waals surface area contributed by atoms with Gasteiger partial charge in [-0.15, -0.1) is 0 Å². The van der Waals surface area contributed by atoms with Gasteiger partial charge in [-0.05, 0) is 55.2 Å². The number of Topliss-reactive ketones (excluding diaryl/α,β-unsaturated/α-hetero) is 1. The van der Waals surface area contributed by atoms with E-state index in [1.54, 1.807) is 4.90 Å². The third-order valence-corrected chi connectivity index (χ3v) is 8.68. The van der Waals surface area contributed by atoms with Gasteiger partial charge >= 0.3 is 12.2 Å². The Hall–Kier alpha value is -4.18. The molecule has 1 unspecified atom stereocenters. The van der Waals surface area contributed by atoms with Gasteiger partial charge in [-0.3, -0.25) is 14.5 Å². The number of nitriles is 1. The first-order valence-electron chi connectivity index (χ1n) is 12.9. The van der Waals surface area contributed by atoms with E-state index in [-0.39, 0.29) is 45.8 Å². The van der Waals surface area contributed by atoms with E-state index in [4.69, 9.17) is 0 Å². The average Bonchev–Trinajstić information content (AvgIpc) is 3.59. The number of alkyl halides is 3. The minimum Gasteiger partial charge on any atom is -0.341 e. The number of halogens is 3. The fourth-order valence-corrected chi connectivity index (χ4v) is 6.60. The summed E-state index contributed by atoms with van der Waals surface area (Å²) < 4.78 is 66.5. The van der Waals surface area contributed by atoms with Crippen molar-refractivity contribution in [2.75, 3.05) is 30.8 Å². The SMILES string of the molecule is CS(=O)(=O)c1cc(C#N)ccc1C1C2=C(CCC2=O)N(c2cccc(C(F)(F)F)c2)C(=O)N1CC(=O)N1CCCC1. The van der Waals surface area contributed by atoms with Crippen LogP contribution in [0.4, 0.5) is 23.7 Å². The number of hydrogen-bond donors (Lipinski definition) is 0. The first-order valence-corrected chi connectivity index (χ1v) is 14.8. The molecule has 214 valence electrons. The lowest BCUT2D eigenvalue weighted by Gasteiger charge is -2.42. The summed E-state index contributed by atoms with van der Waals surface area (Å²) in [5.74, 6) is -0.856. The molecule has 1 fully saturated rings. The Labute approximate surface area is 234 Å². The number of hydrogen-bond acceptors (Lipinski definition) is 6. The second-order valence-electron chi connectivity index (χ2n) is 10.2. The average molecular weight is 587 g/mol. The second kappa shape index (κ2) is 10.3. The van der Waals surface area contributed by atoms with Crippen LogP contribution in [0.15, 0.2) is 58.6 Å². The molecule has 1 aliphatic carbocycles. The molecule has 1 atom stereocenters. The Morgan fingerprint density at radius 2 is 1.78 bits per heavy atom. The summed E-state index contributed by atoms with van der Waals surface area (Å²) in [5, 5.41) is 9.39. The number of sulfone groups is 1. The maximum absolute atomic E-state index is 14.2. The topological polar surface area (TPSA) is 119 Å². The van der Waals surface area contributed by atoms with Crippen LogP contribution in [-0.4, -0.2) is 61.8 Å². The number of amides is 3. The van der Waals surface area contributed by atoms with Gasteiger partial charge in [-0.1, -0.05) is 12.1 Å². The first-order chi connectivity index (χ1) is 19.3. The highest BCUT2D eigenvalue weighted by atomic mass is 32.2. The minimum atomic E-state index is -4.70. The number of anilines is 1. The predicted molar refractivity (Wildman–Crippen MR) is 140 cm³/mol. The molecule has 0 radical (unpaired) electrons. The van der Waals surface area contributed by atoms with Crippen LogP contribution >= 0.6 is 0 Å². The number of rotatable bonds is 5. The van der Waals surface area contributed by atoms with Crippen LogP contribution in [0.2, 0.25) is 0 Å². The number of allylic oxidation sites excluding steroid dienone is 1. The number of ketones is 1. The molecule has 2 heterocycles. The maximum Gasteiger partial charge on any atom is 0.416 e. The minimum absolute atomic E-state index is 0.0283. The van der Waals surface area contributed by atoms with Crippen LogP contribution in [0.1, 0.15) is 48.4 Å². The summed E-state index contributed by atoms with van der Waals surface area (Å²) in [7, 11) is -3.99. The van der Waals surface area contributed by atoms with Gasteiger partial charge < -0.3 is 9.80 Å². The number of carbonyl (C=O) groups excluding carboxylic acids is 3. The van der Waals surface area contributed by atoms with Crippen molar-refractivity contribution in [1.82, 2.24) is 9.80 Å². The molecular weight excluding hydrogens is 561 g/mol. The molecule has 2 aromatic rings. The Morgan fingerprint density at radius 1 is 1.07 bits per heavy atom. The van der Waals surface area contributed by atoms with E-state index in [9.17, 15) is 41.2 Å². The summed E-state index contributed by atoms with van der Waals surface area (Å²) in [6.07, 6.45) is -2.26. The van der Waals surface area contributed by atoms with E-state index >= 15 is 0 Å². The van der Waals surface area contributed by atoms with Crippen molar-refractivity contribution in [3.8, 4) is 6.07 Å². The fourth-order valence-electron chi connectivity index (χ4n) is 5.65. The molecule has 2 aromatic carbocycles. The monoisotopic (exact) mass is 586 g/mol. The van der Waals surface area contributed by atoms with Crippen molar-refractivity contribution in [2.45, 2.75) is 42.8 Å². The van der Waals surface area contributed by atoms with Crippen LogP contribution < -0.4 is 4.90 Å². The van der Waals surface area contributed by atoms with Gasteiger partial charge in [0.2, 0.25) is 5.91 Å². The summed E-state index contributed by atoms with van der Waals surface area (Å²) in [6.45, 7) is 0.384. The van der Waals surface area contributed by atoms with Crippen LogP contribution in [0.5, 0.6) is 0 Å². The van der Waals surface area contributed by atoms with Gasteiger partial charge in [0, 0.05) is 37.0 Å². The van der Waals surface area contributed by atoms with Crippen LogP contribution in [0, 0.1) is 11.3 Å². The number of nitrogens with zero attached hydrogens (tertiary/aromatic N) is 4.